The van der Waals surface area contributed by atoms with Gasteiger partial charge in [-0.25, -0.2) is 0 Å². The van der Waals surface area contributed by atoms with Gasteiger partial charge in [-0.3, -0.25) is 15.5 Å². The van der Waals surface area contributed by atoms with Gasteiger partial charge in [0.15, 0.2) is 0 Å². The first-order chi connectivity index (χ1) is 9.75. The Morgan fingerprint density at radius 1 is 1.05 bits per heavy atom. The summed E-state index contributed by atoms with van der Waals surface area (Å²) < 4.78 is 0. The molecule has 5 heteroatoms. The fourth-order valence-corrected chi connectivity index (χ4v) is 1.53. The normalized spacial score (nSPS) is 11.0. The monoisotopic (exact) mass is 267 g/mol. The lowest BCUT2D eigenvalue weighted by molar-refractivity contribution is -0.384. The molecule has 0 fully saturated rings. The average molecular weight is 267 g/mol. The molecule has 0 aliphatic rings. The Morgan fingerprint density at radius 3 is 2.40 bits per heavy atom. The number of nitrogens with one attached hydrogen (secondary N) is 1. The van der Waals surface area contributed by atoms with Gasteiger partial charge in [-0.15, -0.1) is 0 Å². The number of rotatable bonds is 5. The minimum absolute atomic E-state index is 0.0588. The molecule has 0 radical (unpaired) electrons. The van der Waals surface area contributed by atoms with E-state index in [1.807, 2.05) is 42.5 Å². The number of hydrazone groups is 1. The molecule has 0 bridgehead atoms. The Hall–Kier alpha value is -2.95. The third-order valence-electron chi connectivity index (χ3n) is 2.52. The van der Waals surface area contributed by atoms with Crippen LogP contribution in [-0.2, 0) is 0 Å². The Kier molecular flexibility index (Phi) is 4.61. The maximum atomic E-state index is 10.5. The molecule has 0 unspecified atom stereocenters. The second-order valence-corrected chi connectivity index (χ2v) is 3.96. The summed E-state index contributed by atoms with van der Waals surface area (Å²) >= 11 is 0. The average Bonchev–Trinajstić information content (AvgIpc) is 2.48. The van der Waals surface area contributed by atoms with Crippen molar-refractivity contribution in [2.75, 3.05) is 5.43 Å². The zero-order chi connectivity index (χ0) is 14.2. The molecular weight excluding hydrogens is 254 g/mol. The third-order valence-corrected chi connectivity index (χ3v) is 2.52. The summed E-state index contributed by atoms with van der Waals surface area (Å²) in [7, 11) is 0. The van der Waals surface area contributed by atoms with Gasteiger partial charge in [-0.2, -0.15) is 5.10 Å². The van der Waals surface area contributed by atoms with Gasteiger partial charge in [-0.1, -0.05) is 36.4 Å². The molecule has 0 heterocycles. The number of nitro benzene ring substituents is 1. The highest BCUT2D eigenvalue weighted by atomic mass is 16.6. The molecular formula is C15H13N3O2. The van der Waals surface area contributed by atoms with E-state index in [0.717, 1.165) is 5.56 Å². The van der Waals surface area contributed by atoms with E-state index >= 15 is 0 Å². The van der Waals surface area contributed by atoms with Crippen LogP contribution in [-0.4, -0.2) is 11.1 Å². The number of benzene rings is 2. The smallest absolute Gasteiger partial charge is 0.269 e. The van der Waals surface area contributed by atoms with Gasteiger partial charge >= 0.3 is 0 Å². The molecule has 5 nitrogen and oxygen atoms in total. The van der Waals surface area contributed by atoms with Crippen LogP contribution >= 0.6 is 0 Å². The van der Waals surface area contributed by atoms with Crippen LogP contribution in [0.3, 0.4) is 0 Å². The SMILES string of the molecule is O=[N+]([O-])c1ccc(N/N=C/C=C/c2ccccc2)cc1. The Labute approximate surface area is 116 Å². The van der Waals surface area contributed by atoms with Crippen LogP contribution < -0.4 is 5.43 Å². The number of allylic oxidation sites excluding steroid dienone is 1. The van der Waals surface area contributed by atoms with E-state index in [1.54, 1.807) is 18.3 Å². The first kappa shape index (κ1) is 13.5. The summed E-state index contributed by atoms with van der Waals surface area (Å²) in [5.74, 6) is 0. The van der Waals surface area contributed by atoms with Crippen LogP contribution in [0.25, 0.3) is 6.08 Å². The summed E-state index contributed by atoms with van der Waals surface area (Å²) in [6, 6.07) is 15.9. The maximum Gasteiger partial charge on any atom is 0.269 e. The van der Waals surface area contributed by atoms with Gasteiger partial charge in [0.05, 0.1) is 10.6 Å². The van der Waals surface area contributed by atoms with Gasteiger partial charge in [0.2, 0.25) is 0 Å². The first-order valence-corrected chi connectivity index (χ1v) is 6.01. The third kappa shape index (κ3) is 4.06. The number of hydrogen-bond donors (Lipinski definition) is 1. The molecule has 2 rings (SSSR count). The van der Waals surface area contributed by atoms with E-state index < -0.39 is 4.92 Å². The Morgan fingerprint density at radius 2 is 1.75 bits per heavy atom. The number of non-ortho nitro benzene ring substituents is 1. The van der Waals surface area contributed by atoms with E-state index in [-0.39, 0.29) is 5.69 Å². The molecule has 2 aromatic rings. The molecule has 0 spiro atoms. The van der Waals surface area contributed by atoms with Gasteiger partial charge in [0, 0.05) is 18.3 Å². The number of nitrogens with zero attached hydrogens (tertiary/aromatic N) is 2. The van der Waals surface area contributed by atoms with Crippen LogP contribution in [0.2, 0.25) is 0 Å². The summed E-state index contributed by atoms with van der Waals surface area (Å²) in [4.78, 5) is 10.1. The minimum atomic E-state index is -0.435. The second-order valence-electron chi connectivity index (χ2n) is 3.96. The highest BCUT2D eigenvalue weighted by Crippen LogP contribution is 2.15. The molecule has 0 amide bonds. The molecule has 2 aromatic carbocycles. The molecule has 0 aromatic heterocycles. The van der Waals surface area contributed by atoms with E-state index in [1.165, 1.54) is 12.1 Å². The highest BCUT2D eigenvalue weighted by Gasteiger charge is 2.02. The molecule has 0 saturated heterocycles. The van der Waals surface area contributed by atoms with E-state index in [4.69, 9.17) is 0 Å². The van der Waals surface area contributed by atoms with E-state index in [2.05, 4.69) is 10.5 Å². The fraction of sp³-hybridized carbons (Fsp3) is 0. The van der Waals surface area contributed by atoms with Gasteiger partial charge in [0.25, 0.3) is 5.69 Å². The van der Waals surface area contributed by atoms with Gasteiger partial charge in [0.1, 0.15) is 0 Å². The van der Waals surface area contributed by atoms with Crippen molar-refractivity contribution in [2.24, 2.45) is 5.10 Å². The molecule has 100 valence electrons. The lowest BCUT2D eigenvalue weighted by Gasteiger charge is -1.98. The van der Waals surface area contributed by atoms with Crippen molar-refractivity contribution in [1.82, 2.24) is 0 Å². The Balaban J connectivity index is 1.87. The molecule has 0 aliphatic carbocycles. The van der Waals surface area contributed by atoms with Crippen LogP contribution in [0.15, 0.2) is 65.8 Å². The zero-order valence-electron chi connectivity index (χ0n) is 10.6. The van der Waals surface area contributed by atoms with Crippen molar-refractivity contribution < 1.29 is 4.92 Å². The van der Waals surface area contributed by atoms with E-state index in [0.29, 0.717) is 5.69 Å². The highest BCUT2D eigenvalue weighted by molar-refractivity contribution is 5.78. The summed E-state index contributed by atoms with van der Waals surface area (Å²) in [5, 5.41) is 14.5. The summed E-state index contributed by atoms with van der Waals surface area (Å²) in [5.41, 5.74) is 4.64. The van der Waals surface area contributed by atoms with Crippen molar-refractivity contribution in [2.45, 2.75) is 0 Å². The second kappa shape index (κ2) is 6.84. The molecule has 1 N–H and O–H groups in total. The summed E-state index contributed by atoms with van der Waals surface area (Å²) in [6.45, 7) is 0. The quantitative estimate of drug-likeness (QED) is 0.510. The topological polar surface area (TPSA) is 67.5 Å². The Bertz CT molecular complexity index is 619. The lowest BCUT2D eigenvalue weighted by atomic mass is 10.2. The molecule has 20 heavy (non-hydrogen) atoms. The van der Waals surface area contributed by atoms with Gasteiger partial charge < -0.3 is 0 Å². The largest absolute Gasteiger partial charge is 0.279 e. The summed E-state index contributed by atoms with van der Waals surface area (Å²) in [6.07, 6.45) is 5.36. The van der Waals surface area contributed by atoms with Gasteiger partial charge in [-0.05, 0) is 23.8 Å². The number of nitro groups is 1. The first-order valence-electron chi connectivity index (χ1n) is 6.01. The minimum Gasteiger partial charge on any atom is -0.279 e. The lowest BCUT2D eigenvalue weighted by Crippen LogP contribution is -1.90. The van der Waals surface area contributed by atoms with E-state index in [9.17, 15) is 10.1 Å². The molecule has 0 saturated carbocycles. The molecule has 0 atom stereocenters. The predicted octanol–water partition coefficient (Wildman–Crippen LogP) is 3.71. The standard InChI is InChI=1S/C15H13N3O2/c19-18(20)15-10-8-14(9-11-15)17-16-12-4-7-13-5-2-1-3-6-13/h1-12,17H/b7-4+,16-12+. The number of hydrogen-bond acceptors (Lipinski definition) is 4. The van der Waals surface area contributed by atoms with Crippen molar-refractivity contribution in [3.63, 3.8) is 0 Å². The van der Waals surface area contributed by atoms with Crippen LogP contribution in [0.1, 0.15) is 5.56 Å². The zero-order valence-corrected chi connectivity index (χ0v) is 10.6. The van der Waals surface area contributed by atoms with Crippen molar-refractivity contribution in [3.8, 4) is 0 Å². The number of anilines is 1. The van der Waals surface area contributed by atoms with Crippen LogP contribution in [0, 0.1) is 10.1 Å². The predicted molar refractivity (Wildman–Crippen MR) is 80.7 cm³/mol. The van der Waals surface area contributed by atoms with Crippen molar-refractivity contribution in [3.05, 3.63) is 76.4 Å². The van der Waals surface area contributed by atoms with Crippen molar-refractivity contribution >= 4 is 23.7 Å². The van der Waals surface area contributed by atoms with Crippen molar-refractivity contribution in [1.29, 1.82) is 0 Å². The molecule has 0 aliphatic heterocycles. The van der Waals surface area contributed by atoms with Crippen LogP contribution in [0.4, 0.5) is 11.4 Å². The maximum absolute atomic E-state index is 10.5. The van der Waals surface area contributed by atoms with Crippen LogP contribution in [0.5, 0.6) is 0 Å². The fourth-order valence-electron chi connectivity index (χ4n) is 1.53.